The summed E-state index contributed by atoms with van der Waals surface area (Å²) in [5.74, 6) is -7.23. The molecule has 0 radical (unpaired) electrons. The normalized spacial score (nSPS) is 12.7. The maximum atomic E-state index is 14.0. The molecule has 0 aliphatic heterocycles. The van der Waals surface area contributed by atoms with Crippen molar-refractivity contribution in [1.82, 2.24) is 0 Å². The van der Waals surface area contributed by atoms with E-state index in [9.17, 15) is 30.8 Å². The molecule has 1 N–H and O–H groups in total. The first-order chi connectivity index (χ1) is 12.5. The Balaban J connectivity index is 2.34. The number of carbonyl (C=O) groups is 1. The fourth-order valence-electron chi connectivity index (χ4n) is 2.29. The predicted molar refractivity (Wildman–Crippen MR) is 92.2 cm³/mol. The van der Waals surface area contributed by atoms with Gasteiger partial charge in [0.2, 0.25) is 0 Å². The molecule has 9 heteroatoms. The third-order valence-corrected chi connectivity index (χ3v) is 5.96. The zero-order valence-corrected chi connectivity index (χ0v) is 15.3. The van der Waals surface area contributed by atoms with Crippen LogP contribution in [0.4, 0.5) is 23.2 Å². The lowest BCUT2D eigenvalue weighted by Gasteiger charge is -2.12. The number of benzene rings is 2. The van der Waals surface area contributed by atoms with Gasteiger partial charge in [-0.15, -0.1) is 0 Å². The molecule has 27 heavy (non-hydrogen) atoms. The first-order valence-corrected chi connectivity index (χ1v) is 9.68. The molecular weight excluding hydrogens is 386 g/mol. The van der Waals surface area contributed by atoms with E-state index in [4.69, 9.17) is 0 Å². The molecule has 4 nitrogen and oxygen atoms in total. The molecule has 0 aromatic heterocycles. The number of halogens is 4. The molecule has 0 saturated heterocycles. The van der Waals surface area contributed by atoms with Crippen molar-refractivity contribution < 1.29 is 30.8 Å². The second-order valence-electron chi connectivity index (χ2n) is 6.14. The van der Waals surface area contributed by atoms with Gasteiger partial charge in [0, 0.05) is 17.8 Å². The van der Waals surface area contributed by atoms with E-state index in [0.717, 1.165) is 18.2 Å². The van der Waals surface area contributed by atoms with Gasteiger partial charge in [-0.3, -0.25) is 4.79 Å². The maximum absolute atomic E-state index is 14.0. The van der Waals surface area contributed by atoms with Crippen molar-refractivity contribution in [1.29, 1.82) is 0 Å². The topological polar surface area (TPSA) is 63.2 Å². The Kier molecular flexibility index (Phi) is 6.25. The van der Waals surface area contributed by atoms with Gasteiger partial charge in [-0.05, 0) is 24.1 Å². The van der Waals surface area contributed by atoms with Crippen LogP contribution in [0, 0.1) is 29.2 Å². The van der Waals surface area contributed by atoms with Crippen LogP contribution in [-0.4, -0.2) is 20.1 Å². The van der Waals surface area contributed by atoms with Crippen molar-refractivity contribution >= 4 is 21.4 Å². The Hall–Kier alpha value is -2.42. The smallest absolute Gasteiger partial charge is 0.258 e. The van der Waals surface area contributed by atoms with E-state index in [-0.39, 0.29) is 16.6 Å². The van der Waals surface area contributed by atoms with Crippen LogP contribution in [0.15, 0.2) is 35.2 Å². The number of nitrogens with one attached hydrogen (secondary N) is 1. The largest absolute Gasteiger partial charge is 0.322 e. The van der Waals surface area contributed by atoms with Crippen molar-refractivity contribution in [2.75, 3.05) is 11.1 Å². The number of rotatable bonds is 6. The summed E-state index contributed by atoms with van der Waals surface area (Å²) in [6, 6.07) is 3.78. The van der Waals surface area contributed by atoms with Gasteiger partial charge in [-0.2, -0.15) is 0 Å². The van der Waals surface area contributed by atoms with Crippen LogP contribution >= 0.6 is 0 Å². The van der Waals surface area contributed by atoms with Crippen LogP contribution in [-0.2, 0) is 9.84 Å². The van der Waals surface area contributed by atoms with Gasteiger partial charge in [-0.1, -0.05) is 20.3 Å². The van der Waals surface area contributed by atoms with E-state index in [1.54, 1.807) is 6.92 Å². The molecule has 2 aromatic rings. The molecule has 146 valence electrons. The van der Waals surface area contributed by atoms with E-state index in [1.807, 2.05) is 12.2 Å². The Morgan fingerprint density at radius 2 is 1.63 bits per heavy atom. The fourth-order valence-corrected chi connectivity index (χ4v) is 4.04. The minimum Gasteiger partial charge on any atom is -0.322 e. The summed E-state index contributed by atoms with van der Waals surface area (Å²) in [5, 5.41) is 2.02. The van der Waals surface area contributed by atoms with Gasteiger partial charge in [0.25, 0.3) is 5.91 Å². The van der Waals surface area contributed by atoms with Gasteiger partial charge in [0.05, 0.1) is 16.2 Å². The van der Waals surface area contributed by atoms with Gasteiger partial charge < -0.3 is 5.32 Å². The third-order valence-electron chi connectivity index (χ3n) is 3.98. The van der Waals surface area contributed by atoms with Gasteiger partial charge in [-0.25, -0.2) is 26.0 Å². The zero-order valence-electron chi connectivity index (χ0n) is 14.5. The Morgan fingerprint density at radius 3 is 2.19 bits per heavy atom. The summed E-state index contributed by atoms with van der Waals surface area (Å²) < 4.78 is 78.2. The zero-order chi connectivity index (χ0) is 20.4. The van der Waals surface area contributed by atoms with E-state index in [1.165, 1.54) is 0 Å². The highest BCUT2D eigenvalue weighted by Crippen LogP contribution is 2.22. The Morgan fingerprint density at radius 1 is 1.04 bits per heavy atom. The highest BCUT2D eigenvalue weighted by molar-refractivity contribution is 7.91. The summed E-state index contributed by atoms with van der Waals surface area (Å²) in [6.07, 6.45) is 0.620. The first kappa shape index (κ1) is 20.9. The summed E-state index contributed by atoms with van der Waals surface area (Å²) in [4.78, 5) is 12.0. The van der Waals surface area contributed by atoms with Crippen molar-refractivity contribution in [3.05, 3.63) is 59.2 Å². The predicted octanol–water partition coefficient (Wildman–Crippen LogP) is 4.32. The average Bonchev–Trinajstić information content (AvgIpc) is 2.59. The SMILES string of the molecule is CC[C@@H](C)CS(=O)(=O)c1ccc(F)c(C(=O)Nc2cc(F)c(F)c(F)c2)c1. The summed E-state index contributed by atoms with van der Waals surface area (Å²) in [7, 11) is -3.75. The third kappa shape index (κ3) is 4.85. The van der Waals surface area contributed by atoms with Crippen LogP contribution in [0.3, 0.4) is 0 Å². The van der Waals surface area contributed by atoms with Crippen LogP contribution in [0.1, 0.15) is 30.6 Å². The summed E-state index contributed by atoms with van der Waals surface area (Å²) in [6.45, 7) is 3.57. The van der Waals surface area contributed by atoms with Crippen LogP contribution in [0.25, 0.3) is 0 Å². The summed E-state index contributed by atoms with van der Waals surface area (Å²) >= 11 is 0. The van der Waals surface area contributed by atoms with Gasteiger partial charge >= 0.3 is 0 Å². The quantitative estimate of drug-likeness (QED) is 0.444. The molecular formula is C18H17F4NO3S. The number of carbonyl (C=O) groups excluding carboxylic acids is 1. The van der Waals surface area contributed by atoms with Crippen LogP contribution in [0.2, 0.25) is 0 Å². The number of anilines is 1. The molecule has 0 fully saturated rings. The molecule has 0 bridgehead atoms. The van der Waals surface area contributed by atoms with Gasteiger partial charge in [0.15, 0.2) is 27.3 Å². The van der Waals surface area contributed by atoms with Crippen LogP contribution < -0.4 is 5.32 Å². The van der Waals surface area contributed by atoms with Gasteiger partial charge in [0.1, 0.15) is 5.82 Å². The minimum atomic E-state index is -3.75. The standard InChI is InChI=1S/C18H17F4NO3S/c1-3-10(2)9-27(25,26)12-4-5-14(19)13(8-12)18(24)23-11-6-15(20)17(22)16(21)7-11/h4-8,10H,3,9H2,1-2H3,(H,23,24)/t10-/m1/s1. The molecule has 0 unspecified atom stereocenters. The fraction of sp³-hybridized carbons (Fsp3) is 0.278. The van der Waals surface area contributed by atoms with Crippen LogP contribution in [0.5, 0.6) is 0 Å². The first-order valence-electron chi connectivity index (χ1n) is 8.03. The minimum absolute atomic E-state index is 0.137. The lowest BCUT2D eigenvalue weighted by atomic mass is 10.2. The number of amides is 1. The second-order valence-corrected chi connectivity index (χ2v) is 8.18. The van der Waals surface area contributed by atoms with E-state index in [0.29, 0.717) is 18.6 Å². The molecule has 0 aliphatic rings. The lowest BCUT2D eigenvalue weighted by Crippen LogP contribution is -2.17. The Bertz CT molecular complexity index is 954. The number of sulfone groups is 1. The van der Waals surface area contributed by atoms with Crippen molar-refractivity contribution in [3.8, 4) is 0 Å². The highest BCUT2D eigenvalue weighted by atomic mass is 32.2. The van der Waals surface area contributed by atoms with E-state index in [2.05, 4.69) is 0 Å². The Labute approximate surface area is 154 Å². The molecule has 0 spiro atoms. The number of hydrogen-bond donors (Lipinski definition) is 1. The lowest BCUT2D eigenvalue weighted by molar-refractivity contribution is 0.102. The molecule has 0 heterocycles. The molecule has 2 rings (SSSR count). The molecule has 1 amide bonds. The maximum Gasteiger partial charge on any atom is 0.258 e. The summed E-state index contributed by atoms with van der Waals surface area (Å²) in [5.41, 5.74) is -1.06. The number of hydrogen-bond acceptors (Lipinski definition) is 3. The average molecular weight is 403 g/mol. The molecule has 2 aromatic carbocycles. The van der Waals surface area contributed by atoms with Crippen molar-refractivity contribution in [3.63, 3.8) is 0 Å². The monoisotopic (exact) mass is 403 g/mol. The molecule has 0 saturated carbocycles. The van der Waals surface area contributed by atoms with Crippen molar-refractivity contribution in [2.24, 2.45) is 5.92 Å². The van der Waals surface area contributed by atoms with E-state index >= 15 is 0 Å². The van der Waals surface area contributed by atoms with E-state index < -0.39 is 50.3 Å². The molecule has 0 aliphatic carbocycles. The molecule has 1 atom stereocenters. The second kappa shape index (κ2) is 8.08. The van der Waals surface area contributed by atoms with Crippen molar-refractivity contribution in [2.45, 2.75) is 25.2 Å². The highest BCUT2D eigenvalue weighted by Gasteiger charge is 2.22.